The van der Waals surface area contributed by atoms with E-state index in [0.29, 0.717) is 9.97 Å². The molecule has 3 heteroatoms. The van der Waals surface area contributed by atoms with E-state index in [4.69, 9.17) is 5.73 Å². The van der Waals surface area contributed by atoms with Gasteiger partial charge in [-0.1, -0.05) is 52.1 Å². The summed E-state index contributed by atoms with van der Waals surface area (Å²) in [5, 5.41) is 0. The van der Waals surface area contributed by atoms with Gasteiger partial charge in [-0.15, -0.1) is 0 Å². The van der Waals surface area contributed by atoms with Gasteiger partial charge < -0.3 is 5.73 Å². The van der Waals surface area contributed by atoms with Gasteiger partial charge in [0.05, 0.1) is 0 Å². The van der Waals surface area contributed by atoms with Gasteiger partial charge in [0.15, 0.2) is 0 Å². The summed E-state index contributed by atoms with van der Waals surface area (Å²) in [5.41, 5.74) is 5.92. The molecule has 1 fully saturated rings. The maximum atomic E-state index is 5.92. The second-order valence-electron chi connectivity index (χ2n) is 3.14. The molecule has 0 aromatic carbocycles. The average Bonchev–Trinajstić information content (AvgIpc) is 1.84. The van der Waals surface area contributed by atoms with Crippen molar-refractivity contribution in [3.05, 3.63) is 0 Å². The second kappa shape index (κ2) is 3.89. The number of alkyl halides is 2. The summed E-state index contributed by atoms with van der Waals surface area (Å²) in [6.07, 6.45) is 2.50. The van der Waals surface area contributed by atoms with E-state index in [2.05, 4.69) is 52.1 Å². The Morgan fingerprint density at radius 1 is 1.20 bits per heavy atom. The first-order valence-corrected chi connectivity index (χ1v) is 6.14. The SMILES string of the molecule is CC1CC(I)C(N)CC1I. The van der Waals surface area contributed by atoms with Gasteiger partial charge in [-0.05, 0) is 18.8 Å². The van der Waals surface area contributed by atoms with Gasteiger partial charge in [-0.3, -0.25) is 0 Å². The molecular weight excluding hydrogens is 352 g/mol. The molecule has 4 atom stereocenters. The molecule has 1 rings (SSSR count). The van der Waals surface area contributed by atoms with Crippen molar-refractivity contribution >= 4 is 45.2 Å². The van der Waals surface area contributed by atoms with E-state index in [0.717, 1.165) is 9.84 Å². The van der Waals surface area contributed by atoms with Crippen molar-refractivity contribution in [1.29, 1.82) is 0 Å². The van der Waals surface area contributed by atoms with Crippen LogP contribution in [0, 0.1) is 5.92 Å². The highest BCUT2D eigenvalue weighted by atomic mass is 127. The molecule has 1 saturated carbocycles. The van der Waals surface area contributed by atoms with Crippen LogP contribution in [0.3, 0.4) is 0 Å². The molecule has 0 radical (unpaired) electrons. The predicted octanol–water partition coefficient (Wildman–Crippen LogP) is 2.35. The monoisotopic (exact) mass is 365 g/mol. The minimum atomic E-state index is 0.443. The molecule has 2 N–H and O–H groups in total. The smallest absolute Gasteiger partial charge is 0.0264 e. The van der Waals surface area contributed by atoms with Crippen molar-refractivity contribution in [2.75, 3.05) is 0 Å². The number of hydrogen-bond acceptors (Lipinski definition) is 1. The van der Waals surface area contributed by atoms with Gasteiger partial charge in [0.1, 0.15) is 0 Å². The molecule has 0 aliphatic heterocycles. The minimum Gasteiger partial charge on any atom is -0.327 e. The largest absolute Gasteiger partial charge is 0.327 e. The number of nitrogens with two attached hydrogens (primary N) is 1. The molecule has 0 heterocycles. The highest BCUT2D eigenvalue weighted by Crippen LogP contribution is 2.33. The summed E-state index contributed by atoms with van der Waals surface area (Å²) in [6, 6.07) is 0.443. The normalized spacial score (nSPS) is 49.2. The van der Waals surface area contributed by atoms with Crippen LogP contribution in [0.15, 0.2) is 0 Å². The van der Waals surface area contributed by atoms with Gasteiger partial charge in [0.25, 0.3) is 0 Å². The third kappa shape index (κ3) is 2.20. The lowest BCUT2D eigenvalue weighted by atomic mass is 9.88. The summed E-state index contributed by atoms with van der Waals surface area (Å²) in [5.74, 6) is 0.863. The van der Waals surface area contributed by atoms with Crippen molar-refractivity contribution < 1.29 is 0 Å². The van der Waals surface area contributed by atoms with Crippen molar-refractivity contribution in [2.24, 2.45) is 11.7 Å². The molecule has 60 valence electrons. The fourth-order valence-corrected chi connectivity index (χ4v) is 3.29. The van der Waals surface area contributed by atoms with E-state index in [1.165, 1.54) is 12.8 Å². The van der Waals surface area contributed by atoms with Gasteiger partial charge in [0.2, 0.25) is 0 Å². The third-order valence-corrected chi connectivity index (χ3v) is 5.34. The Balaban J connectivity index is 2.46. The summed E-state index contributed by atoms with van der Waals surface area (Å²) < 4.78 is 1.51. The van der Waals surface area contributed by atoms with Crippen molar-refractivity contribution in [3.8, 4) is 0 Å². The molecule has 0 saturated heterocycles. The van der Waals surface area contributed by atoms with E-state index >= 15 is 0 Å². The Morgan fingerprint density at radius 2 is 1.80 bits per heavy atom. The molecule has 1 nitrogen and oxygen atoms in total. The zero-order valence-electron chi connectivity index (χ0n) is 6.06. The quantitative estimate of drug-likeness (QED) is 0.518. The van der Waals surface area contributed by atoms with Crippen molar-refractivity contribution in [1.82, 2.24) is 0 Å². The van der Waals surface area contributed by atoms with Crippen LogP contribution in [0.2, 0.25) is 0 Å². The first kappa shape index (κ1) is 9.51. The van der Waals surface area contributed by atoms with E-state index in [9.17, 15) is 0 Å². The van der Waals surface area contributed by atoms with Gasteiger partial charge in [-0.25, -0.2) is 0 Å². The molecule has 1 aliphatic rings. The standard InChI is InChI=1S/C7H13I2N/c1-4-2-6(9)7(10)3-5(4)8/h4-7H,2-3,10H2,1H3. The van der Waals surface area contributed by atoms with Crippen LogP contribution in [0.1, 0.15) is 19.8 Å². The fourth-order valence-electron chi connectivity index (χ4n) is 1.32. The summed E-state index contributed by atoms with van der Waals surface area (Å²) >= 11 is 5.00. The molecule has 0 aromatic rings. The highest BCUT2D eigenvalue weighted by molar-refractivity contribution is 14.1. The first-order chi connectivity index (χ1) is 4.61. The van der Waals surface area contributed by atoms with E-state index in [1.54, 1.807) is 0 Å². The van der Waals surface area contributed by atoms with Gasteiger partial charge in [0, 0.05) is 13.9 Å². The Kier molecular flexibility index (Phi) is 3.70. The summed E-state index contributed by atoms with van der Waals surface area (Å²) in [7, 11) is 0. The van der Waals surface area contributed by atoms with E-state index in [-0.39, 0.29) is 0 Å². The fraction of sp³-hybridized carbons (Fsp3) is 1.00. The van der Waals surface area contributed by atoms with Crippen LogP contribution in [0.25, 0.3) is 0 Å². The Morgan fingerprint density at radius 3 is 2.30 bits per heavy atom. The predicted molar refractivity (Wildman–Crippen MR) is 62.0 cm³/mol. The molecule has 0 aromatic heterocycles. The molecule has 0 bridgehead atoms. The van der Waals surface area contributed by atoms with Crippen LogP contribution in [0.4, 0.5) is 0 Å². The number of rotatable bonds is 0. The van der Waals surface area contributed by atoms with Gasteiger partial charge in [-0.2, -0.15) is 0 Å². The van der Waals surface area contributed by atoms with Gasteiger partial charge >= 0.3 is 0 Å². The molecule has 4 unspecified atom stereocenters. The van der Waals surface area contributed by atoms with E-state index in [1.807, 2.05) is 0 Å². The first-order valence-electron chi connectivity index (χ1n) is 3.65. The highest BCUT2D eigenvalue weighted by Gasteiger charge is 2.29. The van der Waals surface area contributed by atoms with Crippen LogP contribution in [-0.4, -0.2) is 13.9 Å². The van der Waals surface area contributed by atoms with Crippen molar-refractivity contribution in [3.63, 3.8) is 0 Å². The molecule has 1 aliphatic carbocycles. The number of halogens is 2. The second-order valence-corrected chi connectivity index (χ2v) is 6.34. The molecule has 10 heavy (non-hydrogen) atoms. The average molecular weight is 365 g/mol. The zero-order chi connectivity index (χ0) is 7.72. The number of hydrogen-bond donors (Lipinski definition) is 1. The zero-order valence-corrected chi connectivity index (χ0v) is 10.4. The summed E-state index contributed by atoms with van der Waals surface area (Å²) in [4.78, 5) is 0. The lowest BCUT2D eigenvalue weighted by molar-refractivity contribution is 0.388. The summed E-state index contributed by atoms with van der Waals surface area (Å²) in [6.45, 7) is 2.33. The van der Waals surface area contributed by atoms with Crippen LogP contribution in [-0.2, 0) is 0 Å². The minimum absolute atomic E-state index is 0.443. The Bertz CT molecular complexity index is 92.2. The Labute approximate surface area is 89.8 Å². The van der Waals surface area contributed by atoms with E-state index < -0.39 is 0 Å². The topological polar surface area (TPSA) is 26.0 Å². The van der Waals surface area contributed by atoms with Crippen LogP contribution >= 0.6 is 45.2 Å². The maximum absolute atomic E-state index is 5.92. The molecule has 0 amide bonds. The maximum Gasteiger partial charge on any atom is 0.0264 e. The Hall–Kier alpha value is 1.42. The van der Waals surface area contributed by atoms with Crippen molar-refractivity contribution in [2.45, 2.75) is 33.7 Å². The lowest BCUT2D eigenvalue weighted by Crippen LogP contribution is -2.40. The molecular formula is C7H13I2N. The van der Waals surface area contributed by atoms with Crippen LogP contribution < -0.4 is 5.73 Å². The lowest BCUT2D eigenvalue weighted by Gasteiger charge is -2.32. The van der Waals surface area contributed by atoms with Crippen LogP contribution in [0.5, 0.6) is 0 Å². The molecule has 0 spiro atoms. The third-order valence-electron chi connectivity index (χ3n) is 2.18.